The molecule has 0 aromatic carbocycles. The number of methoxy groups -OCH3 is 1. The highest BCUT2D eigenvalue weighted by atomic mass is 31.2. The maximum Gasteiger partial charge on any atom is 0.415 e. The van der Waals surface area contributed by atoms with Crippen LogP contribution < -0.4 is 5.09 Å². The predicted molar refractivity (Wildman–Crippen MR) is 134 cm³/mol. The first kappa shape index (κ1) is 37.9. The summed E-state index contributed by atoms with van der Waals surface area (Å²) >= 11 is 0. The van der Waals surface area contributed by atoms with E-state index in [-0.39, 0.29) is 6.42 Å². The zero-order valence-corrected chi connectivity index (χ0v) is 25.0. The SMILES string of the molecule is CC(C)C(C)NP(C)(C)=O.CCC(OP(C)(C)=O)C(F)(F)F.COCC(C)COP(C)(C)=O. The zero-order chi connectivity index (χ0) is 27.3. The molecule has 0 aromatic heterocycles. The quantitative estimate of drug-likeness (QED) is 0.283. The minimum atomic E-state index is -4.42. The number of alkyl halides is 3. The molecule has 0 fully saturated rings. The molecule has 0 aliphatic carbocycles. The lowest BCUT2D eigenvalue weighted by Crippen LogP contribution is -2.29. The summed E-state index contributed by atoms with van der Waals surface area (Å²) in [7, 11) is -5.73. The van der Waals surface area contributed by atoms with Gasteiger partial charge < -0.3 is 18.3 Å². The Bertz CT molecular complexity index is 643. The van der Waals surface area contributed by atoms with Crippen LogP contribution in [0.4, 0.5) is 13.2 Å². The molecular formula is C20H47F3NO6P3. The van der Waals surface area contributed by atoms with Crippen molar-refractivity contribution in [1.29, 1.82) is 0 Å². The van der Waals surface area contributed by atoms with E-state index in [9.17, 15) is 26.9 Å². The molecule has 0 spiro atoms. The standard InChI is InChI=1S/C7H18NOP.C7H17O3P.C6H12F3O2P/c1-6(2)7(3)8-10(4,5)9;1-7(5-9-2)6-10-11(3,4)8;1-4-5(6(7,8)9)11-12(2,3)10/h6-7H,1-5H3,(H,8,9);7H,5-6H2,1-4H3;5H,4H2,1-3H3. The first-order chi connectivity index (χ1) is 14.4. The van der Waals surface area contributed by atoms with Crippen LogP contribution in [0.1, 0.15) is 41.0 Å². The van der Waals surface area contributed by atoms with Crippen LogP contribution in [0.15, 0.2) is 0 Å². The molecule has 0 radical (unpaired) electrons. The summed E-state index contributed by atoms with van der Waals surface area (Å²) in [5.41, 5.74) is 0. The number of nitrogens with one attached hydrogen (secondary N) is 1. The van der Waals surface area contributed by atoms with Gasteiger partial charge in [0.1, 0.15) is 7.29 Å². The number of hydrogen-bond acceptors (Lipinski definition) is 6. The van der Waals surface area contributed by atoms with E-state index in [4.69, 9.17) is 9.26 Å². The molecule has 0 rings (SSSR count). The molecule has 0 saturated carbocycles. The van der Waals surface area contributed by atoms with Gasteiger partial charge in [0, 0.05) is 59.1 Å². The molecule has 0 aliphatic rings. The monoisotopic (exact) mass is 547 g/mol. The van der Waals surface area contributed by atoms with E-state index in [1.54, 1.807) is 33.8 Å². The summed E-state index contributed by atoms with van der Waals surface area (Å²) in [6.45, 7) is 19.9. The van der Waals surface area contributed by atoms with Crippen molar-refractivity contribution >= 4 is 22.0 Å². The Morgan fingerprint density at radius 1 is 0.848 bits per heavy atom. The van der Waals surface area contributed by atoms with Gasteiger partial charge in [-0.2, -0.15) is 13.2 Å². The summed E-state index contributed by atoms with van der Waals surface area (Å²) in [5, 5.41) is 3.07. The summed E-state index contributed by atoms with van der Waals surface area (Å²) in [6.07, 6.45) is -6.54. The van der Waals surface area contributed by atoms with Crippen LogP contribution in [-0.4, -0.2) is 78.6 Å². The second kappa shape index (κ2) is 16.9. The van der Waals surface area contributed by atoms with E-state index in [0.29, 0.717) is 31.1 Å². The van der Waals surface area contributed by atoms with Crippen LogP contribution in [0.3, 0.4) is 0 Å². The molecular weight excluding hydrogens is 500 g/mol. The highest BCUT2D eigenvalue weighted by Crippen LogP contribution is 2.43. The molecule has 204 valence electrons. The van der Waals surface area contributed by atoms with Gasteiger partial charge in [-0.05, 0) is 19.3 Å². The van der Waals surface area contributed by atoms with Crippen LogP contribution in [-0.2, 0) is 27.5 Å². The zero-order valence-electron chi connectivity index (χ0n) is 22.4. The summed E-state index contributed by atoms with van der Waals surface area (Å²) in [4.78, 5) is 0. The second-order valence-electron chi connectivity index (χ2n) is 9.42. The van der Waals surface area contributed by atoms with Gasteiger partial charge in [0.15, 0.2) is 20.8 Å². The lowest BCUT2D eigenvalue weighted by molar-refractivity contribution is -0.195. The van der Waals surface area contributed by atoms with Gasteiger partial charge in [0.05, 0.1) is 13.2 Å². The minimum Gasteiger partial charge on any atom is -0.384 e. The van der Waals surface area contributed by atoms with Gasteiger partial charge >= 0.3 is 6.18 Å². The van der Waals surface area contributed by atoms with Gasteiger partial charge in [0.25, 0.3) is 0 Å². The van der Waals surface area contributed by atoms with Gasteiger partial charge in [0.2, 0.25) is 0 Å². The van der Waals surface area contributed by atoms with Crippen LogP contribution in [0.2, 0.25) is 0 Å². The predicted octanol–water partition coefficient (Wildman–Crippen LogP) is 6.86. The van der Waals surface area contributed by atoms with Crippen molar-refractivity contribution in [1.82, 2.24) is 5.09 Å². The Balaban J connectivity index is -0.000000411. The van der Waals surface area contributed by atoms with Crippen LogP contribution in [0.5, 0.6) is 0 Å². The van der Waals surface area contributed by atoms with Crippen molar-refractivity contribution in [2.45, 2.75) is 59.4 Å². The van der Waals surface area contributed by atoms with Crippen LogP contribution in [0.25, 0.3) is 0 Å². The normalized spacial score (nSPS) is 15.6. The van der Waals surface area contributed by atoms with E-state index >= 15 is 0 Å². The Morgan fingerprint density at radius 2 is 1.30 bits per heavy atom. The van der Waals surface area contributed by atoms with Crippen molar-refractivity contribution in [2.24, 2.45) is 11.8 Å². The van der Waals surface area contributed by atoms with Crippen molar-refractivity contribution in [3.8, 4) is 0 Å². The molecule has 1 N–H and O–H groups in total. The van der Waals surface area contributed by atoms with Crippen LogP contribution in [0, 0.1) is 11.8 Å². The fourth-order valence-corrected chi connectivity index (χ4v) is 4.72. The highest BCUT2D eigenvalue weighted by molar-refractivity contribution is 7.60. The second-order valence-corrected chi connectivity index (χ2v) is 17.9. The Hall–Kier alpha value is 0.320. The van der Waals surface area contributed by atoms with Gasteiger partial charge in [-0.1, -0.05) is 27.7 Å². The van der Waals surface area contributed by atoms with Crippen molar-refractivity contribution < 1.29 is 40.7 Å². The molecule has 13 heteroatoms. The Morgan fingerprint density at radius 3 is 1.48 bits per heavy atom. The lowest BCUT2D eigenvalue weighted by Gasteiger charge is -2.21. The Kier molecular flexibility index (Phi) is 19.4. The summed E-state index contributed by atoms with van der Waals surface area (Å²) in [5.74, 6) is 0.862. The van der Waals surface area contributed by atoms with E-state index in [0.717, 1.165) is 0 Å². The molecule has 0 bridgehead atoms. The van der Waals surface area contributed by atoms with Gasteiger partial charge in [-0.15, -0.1) is 0 Å². The van der Waals surface area contributed by atoms with E-state index < -0.39 is 34.3 Å². The van der Waals surface area contributed by atoms with Crippen molar-refractivity contribution in [3.05, 3.63) is 0 Å². The minimum absolute atomic E-state index is 0.213. The van der Waals surface area contributed by atoms with Crippen LogP contribution >= 0.6 is 22.0 Å². The fraction of sp³-hybridized carbons (Fsp3) is 1.00. The summed E-state index contributed by atoms with van der Waals surface area (Å²) < 4.78 is 83.6. The Labute approximate surface area is 199 Å². The maximum atomic E-state index is 12.0. The molecule has 0 amide bonds. The maximum absolute atomic E-state index is 12.0. The number of halogens is 3. The highest BCUT2D eigenvalue weighted by Gasteiger charge is 2.41. The number of rotatable bonds is 11. The molecule has 0 heterocycles. The first-order valence-corrected chi connectivity index (χ1v) is 18.4. The van der Waals surface area contributed by atoms with Gasteiger partial charge in [-0.3, -0.25) is 14.2 Å². The number of ether oxygens (including phenoxy) is 1. The first-order valence-electron chi connectivity index (χ1n) is 10.8. The van der Waals surface area contributed by atoms with Crippen molar-refractivity contribution in [3.63, 3.8) is 0 Å². The molecule has 7 nitrogen and oxygen atoms in total. The lowest BCUT2D eigenvalue weighted by atomic mass is 10.1. The van der Waals surface area contributed by atoms with E-state index in [2.05, 4.69) is 30.4 Å². The van der Waals surface area contributed by atoms with E-state index in [1.807, 2.05) is 6.92 Å². The third-order valence-corrected chi connectivity index (χ3v) is 6.31. The molecule has 0 aromatic rings. The van der Waals surface area contributed by atoms with Gasteiger partial charge in [-0.25, -0.2) is 0 Å². The van der Waals surface area contributed by atoms with E-state index in [1.165, 1.54) is 20.3 Å². The molecule has 0 saturated heterocycles. The van der Waals surface area contributed by atoms with Crippen molar-refractivity contribution in [2.75, 3.05) is 60.3 Å². The third kappa shape index (κ3) is 30.3. The number of hydrogen-bond donors (Lipinski definition) is 1. The largest absolute Gasteiger partial charge is 0.415 e. The smallest absolute Gasteiger partial charge is 0.384 e. The molecule has 3 unspecified atom stereocenters. The molecule has 3 atom stereocenters. The average molecular weight is 548 g/mol. The molecule has 0 aliphatic heterocycles. The topological polar surface area (TPSA) is 90.9 Å². The summed E-state index contributed by atoms with van der Waals surface area (Å²) in [6, 6.07) is 0.348. The third-order valence-electron chi connectivity index (χ3n) is 3.75. The fourth-order valence-electron chi connectivity index (χ4n) is 1.95. The average Bonchev–Trinajstić information content (AvgIpc) is 2.55. The molecule has 33 heavy (non-hydrogen) atoms.